The largest absolute Gasteiger partial charge is 0.311 e. The molecule has 7 aromatic carbocycles. The van der Waals surface area contributed by atoms with Gasteiger partial charge in [-0.05, 0) is 151 Å². The highest BCUT2D eigenvalue weighted by molar-refractivity contribution is 7.26. The van der Waals surface area contributed by atoms with Gasteiger partial charge in [-0.1, -0.05) is 140 Å². The van der Waals surface area contributed by atoms with Crippen molar-refractivity contribution < 1.29 is 0 Å². The molecular weight excluding hydrogens is 868 g/mol. The molecule has 10 aromatic rings. The van der Waals surface area contributed by atoms with Crippen molar-refractivity contribution in [3.63, 3.8) is 0 Å². The highest BCUT2D eigenvalue weighted by Crippen LogP contribution is 2.51. The van der Waals surface area contributed by atoms with E-state index in [0.717, 1.165) is 0 Å². The summed E-state index contributed by atoms with van der Waals surface area (Å²) in [6.07, 6.45) is 0. The summed E-state index contributed by atoms with van der Waals surface area (Å²) < 4.78 is 3.98. The van der Waals surface area contributed by atoms with Crippen molar-refractivity contribution in [3.8, 4) is 22.3 Å². The molecule has 0 radical (unpaired) electrons. The van der Waals surface area contributed by atoms with Crippen LogP contribution in [0.4, 0.5) is 33.4 Å². The first-order valence-corrected chi connectivity index (χ1v) is 26.4. The normalized spacial score (nSPS) is 13.6. The molecule has 330 valence electrons. The Bertz CT molecular complexity index is 3600. The number of hydrogen-bond donors (Lipinski definition) is 0. The Morgan fingerprint density at radius 2 is 1.09 bits per heavy atom. The Morgan fingerprint density at radius 3 is 1.70 bits per heavy atom. The molecule has 2 nitrogen and oxygen atoms in total. The summed E-state index contributed by atoms with van der Waals surface area (Å²) in [6, 6.07) is 51.8. The molecule has 2 aliphatic heterocycles. The zero-order valence-corrected chi connectivity index (χ0v) is 42.6. The molecule has 0 aliphatic carbocycles. The van der Waals surface area contributed by atoms with Crippen molar-refractivity contribution in [2.45, 2.75) is 86.0 Å². The van der Waals surface area contributed by atoms with Crippen LogP contribution < -0.4 is 26.2 Å². The third kappa shape index (κ3) is 6.69. The van der Waals surface area contributed by atoms with Crippen LogP contribution in [-0.4, -0.2) is 6.71 Å². The van der Waals surface area contributed by atoms with Gasteiger partial charge in [0.05, 0.1) is 10.7 Å². The van der Waals surface area contributed by atoms with E-state index in [1.54, 1.807) is 0 Å². The van der Waals surface area contributed by atoms with Crippen LogP contribution in [-0.2, 0) is 10.8 Å². The van der Waals surface area contributed by atoms with Crippen LogP contribution in [0.2, 0.25) is 0 Å². The Kier molecular flexibility index (Phi) is 9.69. The molecule has 2 aliphatic rings. The number of benzene rings is 7. The first-order valence-electron chi connectivity index (χ1n) is 23.8. The van der Waals surface area contributed by atoms with Gasteiger partial charge in [-0.3, -0.25) is 0 Å². The SMILES string of the molecule is Cc1cc(C(C)(C)C)cc(C)c1N1c2cc(C(C)C)cc3c2B(c2cc(-c4csc5ccccc45)ccc2N3c2ccc(-c3csc4ccccc34)cc2)c2c1sc1ccc(C(C)(C)C)cc21. The Morgan fingerprint density at radius 1 is 0.507 bits per heavy atom. The second-order valence-electron chi connectivity index (χ2n) is 21.3. The summed E-state index contributed by atoms with van der Waals surface area (Å²) in [7, 11) is 0. The summed E-state index contributed by atoms with van der Waals surface area (Å²) >= 11 is 5.63. The van der Waals surface area contributed by atoms with Gasteiger partial charge in [0.15, 0.2) is 0 Å². The second-order valence-corrected chi connectivity index (χ2v) is 24.2. The summed E-state index contributed by atoms with van der Waals surface area (Å²) in [5, 5.41) is 10.0. The lowest BCUT2D eigenvalue weighted by Gasteiger charge is -2.44. The van der Waals surface area contributed by atoms with Crippen molar-refractivity contribution in [2.75, 3.05) is 9.80 Å². The zero-order valence-electron chi connectivity index (χ0n) is 40.1. The maximum atomic E-state index is 2.69. The molecule has 0 saturated carbocycles. The van der Waals surface area contributed by atoms with E-state index in [9.17, 15) is 0 Å². The third-order valence-corrected chi connectivity index (χ3v) is 17.6. The van der Waals surface area contributed by atoms with Crippen molar-refractivity contribution >= 4 is 121 Å². The fraction of sp³-hybridized carbons (Fsp3) is 0.213. The van der Waals surface area contributed by atoms with Crippen molar-refractivity contribution in [1.29, 1.82) is 0 Å². The maximum Gasteiger partial charge on any atom is 0.254 e. The van der Waals surface area contributed by atoms with E-state index in [0.29, 0.717) is 5.92 Å². The number of fused-ring (bicyclic) bond motifs is 8. The second kappa shape index (κ2) is 15.3. The van der Waals surface area contributed by atoms with E-state index < -0.39 is 0 Å². The van der Waals surface area contributed by atoms with Crippen LogP contribution in [0.15, 0.2) is 144 Å². The molecule has 0 N–H and O–H groups in total. The Balaban J connectivity index is 1.18. The molecule has 3 aromatic heterocycles. The molecule has 67 heavy (non-hydrogen) atoms. The van der Waals surface area contributed by atoms with E-state index in [4.69, 9.17) is 0 Å². The van der Waals surface area contributed by atoms with Gasteiger partial charge in [0.1, 0.15) is 0 Å². The van der Waals surface area contributed by atoms with Crippen LogP contribution >= 0.6 is 34.0 Å². The molecule has 0 unspecified atom stereocenters. The molecule has 0 bridgehead atoms. The first kappa shape index (κ1) is 42.4. The lowest BCUT2D eigenvalue weighted by Crippen LogP contribution is -2.61. The van der Waals surface area contributed by atoms with Crippen LogP contribution in [0.5, 0.6) is 0 Å². The van der Waals surface area contributed by atoms with Crippen molar-refractivity contribution in [3.05, 3.63) is 172 Å². The number of aryl methyl sites for hydroxylation is 2. The molecule has 12 rings (SSSR count). The monoisotopic (exact) mass is 922 g/mol. The van der Waals surface area contributed by atoms with Gasteiger partial charge in [0.2, 0.25) is 0 Å². The maximum absolute atomic E-state index is 2.69. The topological polar surface area (TPSA) is 6.48 Å². The summed E-state index contributed by atoms with van der Waals surface area (Å²) in [6.45, 7) is 23.4. The van der Waals surface area contributed by atoms with Gasteiger partial charge in [-0.15, -0.1) is 34.0 Å². The van der Waals surface area contributed by atoms with E-state index in [1.165, 1.54) is 130 Å². The molecule has 0 fully saturated rings. The van der Waals surface area contributed by atoms with Gasteiger partial charge in [0, 0.05) is 58.7 Å². The minimum Gasteiger partial charge on any atom is -0.311 e. The number of rotatable bonds is 5. The fourth-order valence-corrected chi connectivity index (χ4v) is 14.1. The Labute approximate surface area is 408 Å². The van der Waals surface area contributed by atoms with E-state index in [2.05, 4.69) is 223 Å². The molecule has 0 saturated heterocycles. The average molecular weight is 923 g/mol. The minimum atomic E-state index is -0.00151. The highest BCUT2D eigenvalue weighted by atomic mass is 32.1. The van der Waals surface area contributed by atoms with Gasteiger partial charge >= 0.3 is 0 Å². The lowest BCUT2D eigenvalue weighted by atomic mass is 9.33. The number of hydrogen-bond acceptors (Lipinski definition) is 5. The van der Waals surface area contributed by atoms with Gasteiger partial charge in [-0.25, -0.2) is 0 Å². The molecule has 0 spiro atoms. The number of thiophene rings is 3. The first-order chi connectivity index (χ1) is 32.1. The van der Waals surface area contributed by atoms with E-state index in [1.807, 2.05) is 34.0 Å². The summed E-state index contributed by atoms with van der Waals surface area (Å²) in [4.78, 5) is 5.29. The summed E-state index contributed by atoms with van der Waals surface area (Å²) in [5.74, 6) is 0.317. The molecule has 6 heteroatoms. The zero-order chi connectivity index (χ0) is 46.3. The van der Waals surface area contributed by atoms with Crippen LogP contribution in [0.25, 0.3) is 52.5 Å². The molecule has 0 atom stereocenters. The summed E-state index contributed by atoms with van der Waals surface area (Å²) in [5.41, 5.74) is 22.3. The van der Waals surface area contributed by atoms with Crippen LogP contribution in [0, 0.1) is 13.8 Å². The van der Waals surface area contributed by atoms with Crippen LogP contribution in [0.1, 0.15) is 89.1 Å². The van der Waals surface area contributed by atoms with Gasteiger partial charge in [-0.2, -0.15) is 0 Å². The average Bonchev–Trinajstić information content (AvgIpc) is 4.04. The predicted molar refractivity (Wildman–Crippen MR) is 298 cm³/mol. The van der Waals surface area contributed by atoms with E-state index in [-0.39, 0.29) is 17.5 Å². The minimum absolute atomic E-state index is 0.00151. The van der Waals surface area contributed by atoms with Crippen molar-refractivity contribution in [1.82, 2.24) is 0 Å². The number of anilines is 6. The van der Waals surface area contributed by atoms with Crippen molar-refractivity contribution in [2.24, 2.45) is 0 Å². The molecular formula is C61H55BN2S3. The highest BCUT2D eigenvalue weighted by Gasteiger charge is 2.46. The molecule has 0 amide bonds. The molecule has 5 heterocycles. The van der Waals surface area contributed by atoms with Crippen LogP contribution in [0.3, 0.4) is 0 Å². The smallest absolute Gasteiger partial charge is 0.254 e. The standard InChI is InChI=1S/C61H55BN2S3/c1-35(2)40-30-51-57-52(31-40)64(58-36(3)27-42(28-37(58)4)61(8,9)10)59-56(46-32-41(60(5,6)7)22-26-55(46)67-59)62(57)49-29-39(48-34-66-54-18-14-12-16-45(48)54)21-25-50(49)63(51)43-23-19-38(20-24-43)47-33-65-53-17-13-11-15-44(47)53/h11-35H,1-10H3. The quantitative estimate of drug-likeness (QED) is 0.159. The van der Waals surface area contributed by atoms with E-state index >= 15 is 0 Å². The predicted octanol–water partition coefficient (Wildman–Crippen LogP) is 17.1. The van der Waals surface area contributed by atoms with Gasteiger partial charge in [0.25, 0.3) is 6.71 Å². The number of nitrogens with zero attached hydrogens (tertiary/aromatic N) is 2. The Hall–Kier alpha value is -5.92. The lowest BCUT2D eigenvalue weighted by molar-refractivity contribution is 0.589. The third-order valence-electron chi connectivity index (χ3n) is 14.5. The van der Waals surface area contributed by atoms with Gasteiger partial charge < -0.3 is 9.80 Å². The fourth-order valence-electron chi connectivity index (χ4n) is 10.9.